The molecule has 1 heterocycles. The third-order valence-electron chi connectivity index (χ3n) is 4.19. The van der Waals surface area contributed by atoms with Gasteiger partial charge in [-0.15, -0.1) is 0 Å². The zero-order chi connectivity index (χ0) is 16.2. The van der Waals surface area contributed by atoms with Gasteiger partial charge in [0.05, 0.1) is 12.0 Å². The van der Waals surface area contributed by atoms with Gasteiger partial charge in [-0.1, -0.05) is 12.1 Å². The molecule has 1 fully saturated rings. The molecule has 0 aliphatic carbocycles. The number of rotatable bonds is 4. The Morgan fingerprint density at radius 3 is 2.45 bits per heavy atom. The third-order valence-corrected chi connectivity index (χ3v) is 4.19. The number of carbonyl (C=O) groups is 2. The van der Waals surface area contributed by atoms with Crippen LogP contribution in [0.4, 0.5) is 5.69 Å². The highest BCUT2D eigenvalue weighted by Gasteiger charge is 2.34. The van der Waals surface area contributed by atoms with Crippen LogP contribution in [0, 0.1) is 0 Å². The smallest absolute Gasteiger partial charge is 0.244 e. The maximum Gasteiger partial charge on any atom is 0.244 e. The summed E-state index contributed by atoms with van der Waals surface area (Å²) >= 11 is 0. The first kappa shape index (κ1) is 16.5. The maximum atomic E-state index is 12.4. The number of carbonyl (C=O) groups excluding carboxylic acids is 2. The number of amides is 2. The van der Waals surface area contributed by atoms with Gasteiger partial charge in [-0.2, -0.15) is 0 Å². The molecule has 2 amide bonds. The molecule has 5 heteroatoms. The molecule has 0 bridgehead atoms. The van der Waals surface area contributed by atoms with Gasteiger partial charge in [0.15, 0.2) is 0 Å². The molecule has 1 atom stereocenters. The van der Waals surface area contributed by atoms with Crippen LogP contribution in [0.2, 0.25) is 0 Å². The Kier molecular flexibility index (Phi) is 5.19. The third kappa shape index (κ3) is 4.07. The SMILES string of the molecule is CN(C)C(=O)Cc1ccc(NC(=O)C2(C)CCCCN2)cc1. The van der Waals surface area contributed by atoms with Crippen LogP contribution >= 0.6 is 0 Å². The molecule has 2 rings (SSSR count). The average Bonchev–Trinajstić information content (AvgIpc) is 2.49. The summed E-state index contributed by atoms with van der Waals surface area (Å²) in [4.78, 5) is 25.7. The van der Waals surface area contributed by atoms with E-state index in [1.54, 1.807) is 19.0 Å². The first-order chi connectivity index (χ1) is 10.4. The van der Waals surface area contributed by atoms with Crippen molar-refractivity contribution in [1.82, 2.24) is 10.2 Å². The Balaban J connectivity index is 1.96. The lowest BCUT2D eigenvalue weighted by Gasteiger charge is -2.33. The van der Waals surface area contributed by atoms with Gasteiger partial charge >= 0.3 is 0 Å². The van der Waals surface area contributed by atoms with Crippen molar-refractivity contribution in [1.29, 1.82) is 0 Å². The molecule has 1 aliphatic rings. The van der Waals surface area contributed by atoms with Crippen molar-refractivity contribution in [2.24, 2.45) is 0 Å². The molecule has 22 heavy (non-hydrogen) atoms. The second-order valence-corrected chi connectivity index (χ2v) is 6.33. The van der Waals surface area contributed by atoms with E-state index in [0.717, 1.165) is 37.1 Å². The van der Waals surface area contributed by atoms with Gasteiger partial charge in [-0.05, 0) is 50.4 Å². The van der Waals surface area contributed by atoms with Crippen LogP contribution in [-0.2, 0) is 16.0 Å². The Labute approximate surface area is 132 Å². The van der Waals surface area contributed by atoms with Gasteiger partial charge in [0.2, 0.25) is 11.8 Å². The normalized spacial score (nSPS) is 21.2. The Hall–Kier alpha value is -1.88. The predicted molar refractivity (Wildman–Crippen MR) is 87.7 cm³/mol. The molecule has 120 valence electrons. The number of hydrogen-bond acceptors (Lipinski definition) is 3. The highest BCUT2D eigenvalue weighted by Crippen LogP contribution is 2.21. The lowest BCUT2D eigenvalue weighted by Crippen LogP contribution is -2.54. The highest BCUT2D eigenvalue weighted by molar-refractivity contribution is 5.97. The summed E-state index contributed by atoms with van der Waals surface area (Å²) in [5, 5.41) is 6.26. The van der Waals surface area contributed by atoms with Crippen LogP contribution in [0.5, 0.6) is 0 Å². The maximum absolute atomic E-state index is 12.4. The van der Waals surface area contributed by atoms with Gasteiger partial charge in [-0.3, -0.25) is 9.59 Å². The van der Waals surface area contributed by atoms with E-state index in [1.807, 2.05) is 31.2 Å². The van der Waals surface area contributed by atoms with E-state index in [2.05, 4.69) is 10.6 Å². The molecule has 1 aliphatic heterocycles. The molecule has 5 nitrogen and oxygen atoms in total. The summed E-state index contributed by atoms with van der Waals surface area (Å²) in [5.74, 6) is 0.0695. The van der Waals surface area contributed by atoms with Crippen LogP contribution < -0.4 is 10.6 Å². The monoisotopic (exact) mass is 303 g/mol. The van der Waals surface area contributed by atoms with E-state index in [1.165, 1.54) is 0 Å². The molecule has 1 saturated heterocycles. The van der Waals surface area contributed by atoms with Crippen molar-refractivity contribution in [2.75, 3.05) is 26.0 Å². The van der Waals surface area contributed by atoms with Gasteiger partial charge in [0.25, 0.3) is 0 Å². The van der Waals surface area contributed by atoms with Gasteiger partial charge in [0.1, 0.15) is 0 Å². The number of likely N-dealkylation sites (N-methyl/N-ethyl adjacent to an activating group) is 1. The summed E-state index contributed by atoms with van der Waals surface area (Å²) in [6, 6.07) is 7.46. The van der Waals surface area contributed by atoms with Crippen molar-refractivity contribution in [3.8, 4) is 0 Å². The predicted octanol–water partition coefficient (Wildman–Crippen LogP) is 1.79. The van der Waals surface area contributed by atoms with Crippen molar-refractivity contribution < 1.29 is 9.59 Å². The molecule has 1 aromatic carbocycles. The Bertz CT molecular complexity index is 531. The van der Waals surface area contributed by atoms with Crippen molar-refractivity contribution in [3.63, 3.8) is 0 Å². The average molecular weight is 303 g/mol. The molecule has 0 aromatic heterocycles. The van der Waals surface area contributed by atoms with Crippen molar-refractivity contribution in [3.05, 3.63) is 29.8 Å². The lowest BCUT2D eigenvalue weighted by atomic mass is 9.90. The molecular weight excluding hydrogens is 278 g/mol. The zero-order valence-electron chi connectivity index (χ0n) is 13.6. The fraction of sp³-hybridized carbons (Fsp3) is 0.529. The molecule has 0 radical (unpaired) electrons. The highest BCUT2D eigenvalue weighted by atomic mass is 16.2. The minimum Gasteiger partial charge on any atom is -0.349 e. The van der Waals surface area contributed by atoms with Crippen molar-refractivity contribution >= 4 is 17.5 Å². The fourth-order valence-corrected chi connectivity index (χ4v) is 2.56. The van der Waals surface area contributed by atoms with Gasteiger partial charge in [0, 0.05) is 19.8 Å². The van der Waals surface area contributed by atoms with Crippen LogP contribution in [0.1, 0.15) is 31.7 Å². The molecule has 0 saturated carbocycles. The summed E-state index contributed by atoms with van der Waals surface area (Å²) in [5.41, 5.74) is 1.22. The summed E-state index contributed by atoms with van der Waals surface area (Å²) in [7, 11) is 3.49. The molecule has 2 N–H and O–H groups in total. The second kappa shape index (κ2) is 6.92. The number of hydrogen-bond donors (Lipinski definition) is 2. The van der Waals surface area contributed by atoms with Crippen LogP contribution in [0.25, 0.3) is 0 Å². The topological polar surface area (TPSA) is 61.4 Å². The van der Waals surface area contributed by atoms with Gasteiger partial charge in [-0.25, -0.2) is 0 Å². The molecule has 0 spiro atoms. The van der Waals surface area contributed by atoms with E-state index in [4.69, 9.17) is 0 Å². The number of nitrogens with zero attached hydrogens (tertiary/aromatic N) is 1. The number of benzene rings is 1. The van der Waals surface area contributed by atoms with E-state index in [-0.39, 0.29) is 11.8 Å². The first-order valence-corrected chi connectivity index (χ1v) is 7.76. The Morgan fingerprint density at radius 1 is 1.23 bits per heavy atom. The fourth-order valence-electron chi connectivity index (χ4n) is 2.56. The van der Waals surface area contributed by atoms with E-state index in [0.29, 0.717) is 6.42 Å². The standard InChI is InChI=1S/C17H25N3O2/c1-17(10-4-5-11-18-17)16(22)19-14-8-6-13(7-9-14)12-15(21)20(2)3/h6-9,18H,4-5,10-12H2,1-3H3,(H,19,22). The number of piperidine rings is 1. The largest absolute Gasteiger partial charge is 0.349 e. The van der Waals surface area contributed by atoms with Crippen LogP contribution in [0.15, 0.2) is 24.3 Å². The summed E-state index contributed by atoms with van der Waals surface area (Å²) < 4.78 is 0. The Morgan fingerprint density at radius 2 is 1.91 bits per heavy atom. The minimum atomic E-state index is -0.488. The molecule has 1 aromatic rings. The van der Waals surface area contributed by atoms with E-state index < -0.39 is 5.54 Å². The van der Waals surface area contributed by atoms with Crippen LogP contribution in [-0.4, -0.2) is 42.9 Å². The summed E-state index contributed by atoms with van der Waals surface area (Å²) in [6.45, 7) is 2.83. The van der Waals surface area contributed by atoms with E-state index >= 15 is 0 Å². The number of anilines is 1. The number of nitrogens with one attached hydrogen (secondary N) is 2. The first-order valence-electron chi connectivity index (χ1n) is 7.76. The second-order valence-electron chi connectivity index (χ2n) is 6.33. The minimum absolute atomic E-state index is 0.00400. The van der Waals surface area contributed by atoms with Crippen molar-refractivity contribution in [2.45, 2.75) is 38.1 Å². The molecule has 1 unspecified atom stereocenters. The quantitative estimate of drug-likeness (QED) is 0.891. The summed E-state index contributed by atoms with van der Waals surface area (Å²) in [6.07, 6.45) is 3.43. The molecular formula is C17H25N3O2. The lowest BCUT2D eigenvalue weighted by molar-refractivity contribution is -0.128. The van der Waals surface area contributed by atoms with E-state index in [9.17, 15) is 9.59 Å². The zero-order valence-corrected chi connectivity index (χ0v) is 13.6. The van der Waals surface area contributed by atoms with Crippen LogP contribution in [0.3, 0.4) is 0 Å². The van der Waals surface area contributed by atoms with Gasteiger partial charge < -0.3 is 15.5 Å².